The van der Waals surface area contributed by atoms with Crippen molar-refractivity contribution < 1.29 is 23.7 Å². The molecule has 1 N–H and O–H groups in total. The molecule has 0 bridgehead atoms. The van der Waals surface area contributed by atoms with Crippen LogP contribution in [-0.2, 0) is 4.74 Å². The Labute approximate surface area is 159 Å². The number of rotatable bonds is 7. The van der Waals surface area contributed by atoms with Gasteiger partial charge in [0.1, 0.15) is 12.4 Å². The number of hydrogen-bond acceptors (Lipinski definition) is 5. The normalized spacial score (nSPS) is 16.0. The standard InChI is InChI=1S/C21H25NO5/c1-14-10-19(24-2)20(25-3)12-18(14)22-21(23)15-6-4-7-16(11-15)27-13-17-8-5-9-26-17/h4,6-7,10-12,17H,5,8-9,13H2,1-3H3,(H,22,23)/t17-/m1/s1. The van der Waals surface area contributed by atoms with Crippen LogP contribution in [0.5, 0.6) is 17.2 Å². The fraction of sp³-hybridized carbons (Fsp3) is 0.381. The third-order valence-electron chi connectivity index (χ3n) is 4.53. The molecule has 1 atom stereocenters. The monoisotopic (exact) mass is 371 g/mol. The van der Waals surface area contributed by atoms with Gasteiger partial charge in [-0.15, -0.1) is 0 Å². The number of nitrogens with one attached hydrogen (secondary N) is 1. The maximum atomic E-state index is 12.7. The topological polar surface area (TPSA) is 66.0 Å². The first-order valence-electron chi connectivity index (χ1n) is 8.99. The zero-order valence-electron chi connectivity index (χ0n) is 15.9. The maximum absolute atomic E-state index is 12.7. The molecule has 1 aliphatic heterocycles. The highest BCUT2D eigenvalue weighted by Gasteiger charge is 2.17. The molecule has 0 spiro atoms. The number of hydrogen-bond donors (Lipinski definition) is 1. The summed E-state index contributed by atoms with van der Waals surface area (Å²) in [6.45, 7) is 3.19. The molecule has 6 heteroatoms. The summed E-state index contributed by atoms with van der Waals surface area (Å²) in [4.78, 5) is 12.7. The number of ether oxygens (including phenoxy) is 4. The van der Waals surface area contributed by atoms with Crippen LogP contribution in [0, 0.1) is 6.92 Å². The molecule has 6 nitrogen and oxygen atoms in total. The van der Waals surface area contributed by atoms with E-state index in [4.69, 9.17) is 18.9 Å². The van der Waals surface area contributed by atoms with Crippen LogP contribution >= 0.6 is 0 Å². The zero-order chi connectivity index (χ0) is 19.2. The summed E-state index contributed by atoms with van der Waals surface area (Å²) in [5.74, 6) is 1.62. The van der Waals surface area contributed by atoms with Gasteiger partial charge in [-0.1, -0.05) is 6.07 Å². The Morgan fingerprint density at radius 3 is 2.67 bits per heavy atom. The van der Waals surface area contributed by atoms with E-state index in [1.165, 1.54) is 0 Å². The molecule has 1 aliphatic rings. The Balaban J connectivity index is 1.69. The molecule has 0 aromatic heterocycles. The molecule has 144 valence electrons. The SMILES string of the molecule is COc1cc(C)c(NC(=O)c2cccc(OC[C@H]3CCCO3)c2)cc1OC. The molecule has 2 aromatic carbocycles. The van der Waals surface area contributed by atoms with Crippen LogP contribution in [0.15, 0.2) is 36.4 Å². The van der Waals surface area contributed by atoms with E-state index in [1.807, 2.05) is 19.1 Å². The molecule has 1 heterocycles. The highest BCUT2D eigenvalue weighted by Crippen LogP contribution is 2.33. The van der Waals surface area contributed by atoms with Crippen molar-refractivity contribution in [3.63, 3.8) is 0 Å². The van der Waals surface area contributed by atoms with E-state index in [1.54, 1.807) is 38.5 Å². The molecule has 0 aliphatic carbocycles. The second-order valence-corrected chi connectivity index (χ2v) is 6.45. The van der Waals surface area contributed by atoms with Crippen molar-refractivity contribution in [2.24, 2.45) is 0 Å². The Morgan fingerprint density at radius 1 is 1.19 bits per heavy atom. The van der Waals surface area contributed by atoms with Gasteiger partial charge in [0.05, 0.1) is 20.3 Å². The van der Waals surface area contributed by atoms with E-state index >= 15 is 0 Å². The first kappa shape index (κ1) is 19.0. The second kappa shape index (κ2) is 8.77. The Bertz CT molecular complexity index is 799. The summed E-state index contributed by atoms with van der Waals surface area (Å²) in [7, 11) is 3.14. The van der Waals surface area contributed by atoms with Gasteiger partial charge in [0.2, 0.25) is 0 Å². The van der Waals surface area contributed by atoms with Crippen LogP contribution in [0.2, 0.25) is 0 Å². The molecule has 27 heavy (non-hydrogen) atoms. The van der Waals surface area contributed by atoms with Gasteiger partial charge >= 0.3 is 0 Å². The van der Waals surface area contributed by atoms with Crippen molar-refractivity contribution in [1.82, 2.24) is 0 Å². The predicted octanol–water partition coefficient (Wildman–Crippen LogP) is 3.82. The highest BCUT2D eigenvalue weighted by atomic mass is 16.5. The number of carbonyl (C=O) groups excluding carboxylic acids is 1. The first-order valence-corrected chi connectivity index (χ1v) is 8.99. The Kier molecular flexibility index (Phi) is 6.19. The second-order valence-electron chi connectivity index (χ2n) is 6.45. The Morgan fingerprint density at radius 2 is 1.96 bits per heavy atom. The molecule has 0 radical (unpaired) electrons. The molecule has 1 fully saturated rings. The average molecular weight is 371 g/mol. The van der Waals surface area contributed by atoms with Gasteiger partial charge in [0.25, 0.3) is 5.91 Å². The number of carbonyl (C=O) groups is 1. The minimum absolute atomic E-state index is 0.136. The molecule has 1 amide bonds. The summed E-state index contributed by atoms with van der Waals surface area (Å²) in [6, 6.07) is 10.7. The maximum Gasteiger partial charge on any atom is 0.255 e. The fourth-order valence-corrected chi connectivity index (χ4v) is 3.00. The smallest absolute Gasteiger partial charge is 0.255 e. The minimum atomic E-state index is -0.215. The summed E-state index contributed by atoms with van der Waals surface area (Å²) in [6.07, 6.45) is 2.22. The molecular formula is C21H25NO5. The number of amides is 1. The van der Waals surface area contributed by atoms with Crippen LogP contribution in [0.3, 0.4) is 0 Å². The van der Waals surface area contributed by atoms with Gasteiger partial charge in [-0.3, -0.25) is 4.79 Å². The molecule has 3 rings (SSSR count). The van der Waals surface area contributed by atoms with E-state index in [-0.39, 0.29) is 12.0 Å². The van der Waals surface area contributed by atoms with Gasteiger partial charge in [-0.2, -0.15) is 0 Å². The third-order valence-corrected chi connectivity index (χ3v) is 4.53. The minimum Gasteiger partial charge on any atom is -0.493 e. The quantitative estimate of drug-likeness (QED) is 0.801. The van der Waals surface area contributed by atoms with Gasteiger partial charge in [0.15, 0.2) is 11.5 Å². The summed E-state index contributed by atoms with van der Waals surface area (Å²) < 4.78 is 21.9. The first-order chi connectivity index (χ1) is 13.1. The van der Waals surface area contributed by atoms with Gasteiger partial charge in [-0.05, 0) is 49.6 Å². The molecule has 1 saturated heterocycles. The zero-order valence-corrected chi connectivity index (χ0v) is 15.9. The number of anilines is 1. The number of methoxy groups -OCH3 is 2. The molecule has 2 aromatic rings. The summed E-state index contributed by atoms with van der Waals surface area (Å²) in [5, 5.41) is 2.92. The van der Waals surface area contributed by atoms with E-state index < -0.39 is 0 Å². The third kappa shape index (κ3) is 4.71. The average Bonchev–Trinajstić information content (AvgIpc) is 3.21. The van der Waals surface area contributed by atoms with Gasteiger partial charge < -0.3 is 24.3 Å². The lowest BCUT2D eigenvalue weighted by Gasteiger charge is -2.14. The number of benzene rings is 2. The molecule has 0 saturated carbocycles. The van der Waals surface area contributed by atoms with Crippen LogP contribution < -0.4 is 19.5 Å². The lowest BCUT2D eigenvalue weighted by Crippen LogP contribution is -2.17. The van der Waals surface area contributed by atoms with Crippen molar-refractivity contribution >= 4 is 11.6 Å². The van der Waals surface area contributed by atoms with Crippen molar-refractivity contribution in [3.8, 4) is 17.2 Å². The van der Waals surface area contributed by atoms with Crippen molar-refractivity contribution in [3.05, 3.63) is 47.5 Å². The lowest BCUT2D eigenvalue weighted by atomic mass is 10.1. The molecule has 0 unspecified atom stereocenters. The largest absolute Gasteiger partial charge is 0.493 e. The van der Waals surface area contributed by atoms with Gasteiger partial charge in [0, 0.05) is 23.9 Å². The van der Waals surface area contributed by atoms with Crippen molar-refractivity contribution in [2.75, 3.05) is 32.8 Å². The van der Waals surface area contributed by atoms with E-state index in [0.29, 0.717) is 35.1 Å². The molecular weight excluding hydrogens is 346 g/mol. The van der Waals surface area contributed by atoms with Crippen LogP contribution in [0.25, 0.3) is 0 Å². The van der Waals surface area contributed by atoms with Gasteiger partial charge in [-0.25, -0.2) is 0 Å². The predicted molar refractivity (Wildman–Crippen MR) is 103 cm³/mol. The van der Waals surface area contributed by atoms with Crippen molar-refractivity contribution in [2.45, 2.75) is 25.9 Å². The van der Waals surface area contributed by atoms with E-state index in [9.17, 15) is 4.79 Å². The van der Waals surface area contributed by atoms with Crippen molar-refractivity contribution in [1.29, 1.82) is 0 Å². The Hall–Kier alpha value is -2.73. The summed E-state index contributed by atoms with van der Waals surface area (Å²) in [5.41, 5.74) is 2.07. The van der Waals surface area contributed by atoms with E-state index in [2.05, 4.69) is 5.32 Å². The van der Waals surface area contributed by atoms with Crippen LogP contribution in [0.4, 0.5) is 5.69 Å². The van der Waals surface area contributed by atoms with Crippen LogP contribution in [0.1, 0.15) is 28.8 Å². The fourth-order valence-electron chi connectivity index (χ4n) is 3.00. The lowest BCUT2D eigenvalue weighted by molar-refractivity contribution is 0.0679. The van der Waals surface area contributed by atoms with E-state index in [0.717, 1.165) is 25.0 Å². The number of aryl methyl sites for hydroxylation is 1. The van der Waals surface area contributed by atoms with Crippen LogP contribution in [-0.4, -0.2) is 39.4 Å². The summed E-state index contributed by atoms with van der Waals surface area (Å²) >= 11 is 0. The highest BCUT2D eigenvalue weighted by molar-refractivity contribution is 6.05.